The third-order valence-electron chi connectivity index (χ3n) is 4.17. The lowest BCUT2D eigenvalue weighted by Gasteiger charge is -2.36. The fourth-order valence-electron chi connectivity index (χ4n) is 2.99. The molecule has 3 rings (SSSR count). The van der Waals surface area contributed by atoms with Crippen LogP contribution in [0.2, 0.25) is 0 Å². The highest BCUT2D eigenvalue weighted by Crippen LogP contribution is 2.43. The molecule has 2 aromatic carbocycles. The minimum absolute atomic E-state index is 0.196. The Morgan fingerprint density at radius 2 is 1.58 bits per heavy atom. The molecule has 0 amide bonds. The van der Waals surface area contributed by atoms with Gasteiger partial charge in [-0.3, -0.25) is 9.59 Å². The summed E-state index contributed by atoms with van der Waals surface area (Å²) in [5, 5.41) is 9.71. The summed E-state index contributed by atoms with van der Waals surface area (Å²) in [7, 11) is 0. The maximum absolute atomic E-state index is 12.7. The normalized spacial score (nSPS) is 14.7. The summed E-state index contributed by atoms with van der Waals surface area (Å²) in [5.41, 5.74) is 1.32. The standard InChI is InChI=1S/C19H18O5/c1-2-3-12-17(20)23-19(24-22)15-10-6-4-8-13(15)18(21)14-9-5-7-11-16(14)19/h4-11,22H,2-3,12H2,1H3. The van der Waals surface area contributed by atoms with E-state index in [4.69, 9.17) is 9.62 Å². The number of ether oxygens (including phenoxy) is 1. The molecule has 0 saturated heterocycles. The fraction of sp³-hybridized carbons (Fsp3) is 0.263. The summed E-state index contributed by atoms with van der Waals surface area (Å²) in [4.78, 5) is 29.7. The van der Waals surface area contributed by atoms with Gasteiger partial charge in [-0.05, 0) is 6.42 Å². The summed E-state index contributed by atoms with van der Waals surface area (Å²) < 4.78 is 5.57. The summed E-state index contributed by atoms with van der Waals surface area (Å²) in [6, 6.07) is 13.3. The number of ketones is 1. The van der Waals surface area contributed by atoms with Crippen LogP contribution in [-0.4, -0.2) is 17.0 Å². The monoisotopic (exact) mass is 326 g/mol. The minimum atomic E-state index is -1.83. The first kappa shape index (κ1) is 16.4. The van der Waals surface area contributed by atoms with Crippen LogP contribution in [0.1, 0.15) is 53.2 Å². The van der Waals surface area contributed by atoms with Gasteiger partial charge in [0.25, 0.3) is 5.79 Å². The van der Waals surface area contributed by atoms with Crippen molar-refractivity contribution in [3.63, 3.8) is 0 Å². The lowest BCUT2D eigenvalue weighted by Crippen LogP contribution is -2.41. The molecule has 0 fully saturated rings. The summed E-state index contributed by atoms with van der Waals surface area (Å²) in [5.74, 6) is -2.52. The van der Waals surface area contributed by atoms with Gasteiger partial charge in [0, 0.05) is 28.7 Å². The Labute approximate surface area is 139 Å². The predicted molar refractivity (Wildman–Crippen MR) is 86.4 cm³/mol. The molecule has 0 aliphatic heterocycles. The Bertz CT molecular complexity index is 731. The molecule has 0 saturated carbocycles. The zero-order valence-corrected chi connectivity index (χ0v) is 13.3. The van der Waals surface area contributed by atoms with E-state index in [1.54, 1.807) is 48.5 Å². The largest absolute Gasteiger partial charge is 0.421 e. The average Bonchev–Trinajstić information content (AvgIpc) is 2.63. The summed E-state index contributed by atoms with van der Waals surface area (Å²) >= 11 is 0. The van der Waals surface area contributed by atoms with Gasteiger partial charge >= 0.3 is 5.97 Å². The van der Waals surface area contributed by atoms with Crippen LogP contribution in [0.25, 0.3) is 0 Å². The Balaban J connectivity index is 2.16. The lowest BCUT2D eigenvalue weighted by molar-refractivity contribution is -0.384. The molecule has 24 heavy (non-hydrogen) atoms. The number of benzene rings is 2. The molecule has 124 valence electrons. The molecule has 2 aromatic rings. The Kier molecular flexibility index (Phi) is 4.46. The summed E-state index contributed by atoms with van der Waals surface area (Å²) in [6.07, 6.45) is 1.72. The van der Waals surface area contributed by atoms with E-state index < -0.39 is 11.8 Å². The summed E-state index contributed by atoms with van der Waals surface area (Å²) in [6.45, 7) is 1.97. The fourth-order valence-corrected chi connectivity index (χ4v) is 2.99. The highest BCUT2D eigenvalue weighted by molar-refractivity contribution is 6.13. The molecule has 0 unspecified atom stereocenters. The number of hydrogen-bond donors (Lipinski definition) is 1. The number of hydrogen-bond acceptors (Lipinski definition) is 5. The number of unbranched alkanes of at least 4 members (excludes halogenated alkanes) is 1. The highest BCUT2D eigenvalue weighted by Gasteiger charge is 2.48. The van der Waals surface area contributed by atoms with Crippen molar-refractivity contribution < 1.29 is 24.5 Å². The van der Waals surface area contributed by atoms with Crippen LogP contribution in [0.15, 0.2) is 48.5 Å². The van der Waals surface area contributed by atoms with Crippen LogP contribution in [0, 0.1) is 0 Å². The van der Waals surface area contributed by atoms with E-state index in [9.17, 15) is 14.8 Å². The van der Waals surface area contributed by atoms with Gasteiger partial charge in [-0.15, -0.1) is 0 Å². The third-order valence-corrected chi connectivity index (χ3v) is 4.17. The van der Waals surface area contributed by atoms with Crippen molar-refractivity contribution in [1.29, 1.82) is 0 Å². The molecule has 1 N–H and O–H groups in total. The minimum Gasteiger partial charge on any atom is -0.421 e. The topological polar surface area (TPSA) is 72.8 Å². The quantitative estimate of drug-likeness (QED) is 0.393. The molecule has 5 heteroatoms. The van der Waals surface area contributed by atoms with Gasteiger partial charge < -0.3 is 4.74 Å². The average molecular weight is 326 g/mol. The maximum Gasteiger partial charge on any atom is 0.308 e. The smallest absolute Gasteiger partial charge is 0.308 e. The Hall–Kier alpha value is -2.50. The predicted octanol–water partition coefficient (Wildman–Crippen LogP) is 3.66. The highest BCUT2D eigenvalue weighted by atomic mass is 17.1. The van der Waals surface area contributed by atoms with Crippen LogP contribution in [0.5, 0.6) is 0 Å². The van der Waals surface area contributed by atoms with Crippen LogP contribution in [-0.2, 0) is 20.2 Å². The molecule has 0 radical (unpaired) electrons. The van der Waals surface area contributed by atoms with E-state index in [2.05, 4.69) is 0 Å². The molecular weight excluding hydrogens is 308 g/mol. The molecular formula is C19H18O5. The second kappa shape index (κ2) is 6.55. The molecule has 0 aromatic heterocycles. The first-order valence-electron chi connectivity index (χ1n) is 7.92. The van der Waals surface area contributed by atoms with Gasteiger partial charge in [0.2, 0.25) is 0 Å². The second-order valence-corrected chi connectivity index (χ2v) is 5.71. The van der Waals surface area contributed by atoms with Crippen molar-refractivity contribution in [3.05, 3.63) is 70.8 Å². The van der Waals surface area contributed by atoms with Crippen molar-refractivity contribution in [1.82, 2.24) is 0 Å². The number of carbonyl (C=O) groups is 2. The SMILES string of the molecule is CCCCC(=O)OC1(OO)c2ccccc2C(=O)c2ccccc21. The van der Waals surface area contributed by atoms with Crippen molar-refractivity contribution in [3.8, 4) is 0 Å². The van der Waals surface area contributed by atoms with Crippen LogP contribution < -0.4 is 0 Å². The van der Waals surface area contributed by atoms with Gasteiger partial charge in [-0.2, -0.15) is 4.89 Å². The van der Waals surface area contributed by atoms with E-state index >= 15 is 0 Å². The number of fused-ring (bicyclic) bond motifs is 2. The van der Waals surface area contributed by atoms with Crippen LogP contribution in [0.3, 0.4) is 0 Å². The zero-order valence-electron chi connectivity index (χ0n) is 13.3. The van der Waals surface area contributed by atoms with Crippen molar-refractivity contribution in [2.24, 2.45) is 0 Å². The zero-order chi connectivity index (χ0) is 17.2. The first-order chi connectivity index (χ1) is 11.6. The molecule has 1 aliphatic carbocycles. The van der Waals surface area contributed by atoms with Gasteiger partial charge in [-0.1, -0.05) is 61.9 Å². The first-order valence-corrected chi connectivity index (χ1v) is 7.92. The van der Waals surface area contributed by atoms with Crippen LogP contribution in [0.4, 0.5) is 0 Å². The van der Waals surface area contributed by atoms with Gasteiger partial charge in [-0.25, -0.2) is 5.26 Å². The molecule has 5 nitrogen and oxygen atoms in total. The van der Waals surface area contributed by atoms with Crippen molar-refractivity contribution in [2.45, 2.75) is 32.0 Å². The van der Waals surface area contributed by atoms with Gasteiger partial charge in [0.05, 0.1) is 0 Å². The molecule has 1 aliphatic rings. The maximum atomic E-state index is 12.7. The number of carbonyl (C=O) groups excluding carboxylic acids is 2. The van der Waals surface area contributed by atoms with Crippen molar-refractivity contribution in [2.75, 3.05) is 0 Å². The van der Waals surface area contributed by atoms with E-state index in [0.717, 1.165) is 6.42 Å². The number of rotatable bonds is 5. The lowest BCUT2D eigenvalue weighted by atomic mass is 9.80. The van der Waals surface area contributed by atoms with Gasteiger partial charge in [0.1, 0.15) is 0 Å². The van der Waals surface area contributed by atoms with E-state index in [1.165, 1.54) is 0 Å². The third kappa shape index (κ3) is 2.52. The van der Waals surface area contributed by atoms with Gasteiger partial charge in [0.15, 0.2) is 5.78 Å². The molecule has 0 heterocycles. The molecule has 0 bridgehead atoms. The van der Waals surface area contributed by atoms with Crippen LogP contribution >= 0.6 is 0 Å². The second-order valence-electron chi connectivity index (χ2n) is 5.71. The molecule has 0 atom stereocenters. The van der Waals surface area contributed by atoms with E-state index in [-0.39, 0.29) is 12.2 Å². The Morgan fingerprint density at radius 3 is 2.08 bits per heavy atom. The van der Waals surface area contributed by atoms with E-state index in [0.29, 0.717) is 28.7 Å². The molecule has 0 spiro atoms. The Morgan fingerprint density at radius 1 is 1.04 bits per heavy atom. The number of esters is 1. The van der Waals surface area contributed by atoms with E-state index in [1.807, 2.05) is 6.92 Å². The van der Waals surface area contributed by atoms with Crippen molar-refractivity contribution >= 4 is 11.8 Å².